The lowest BCUT2D eigenvalue weighted by Crippen LogP contribution is -2.24. The molecule has 0 fully saturated rings. The van der Waals surface area contributed by atoms with Gasteiger partial charge in [0.2, 0.25) is 0 Å². The van der Waals surface area contributed by atoms with Gasteiger partial charge in [0.15, 0.2) is 0 Å². The van der Waals surface area contributed by atoms with Gasteiger partial charge in [0, 0.05) is 24.3 Å². The zero-order valence-electron chi connectivity index (χ0n) is 12.2. The van der Waals surface area contributed by atoms with Crippen LogP contribution < -0.4 is 10.1 Å². The summed E-state index contributed by atoms with van der Waals surface area (Å²) < 4.78 is 7.32. The summed E-state index contributed by atoms with van der Waals surface area (Å²) >= 11 is 0. The molecule has 2 aromatic rings. The van der Waals surface area contributed by atoms with E-state index in [4.69, 9.17) is 4.74 Å². The molecule has 0 radical (unpaired) electrons. The van der Waals surface area contributed by atoms with Gasteiger partial charge in [-0.1, -0.05) is 12.1 Å². The van der Waals surface area contributed by atoms with Crippen molar-refractivity contribution >= 4 is 0 Å². The normalized spacial score (nSPS) is 15.0. The minimum atomic E-state index is -0.1000. The van der Waals surface area contributed by atoms with Gasteiger partial charge in [-0.2, -0.15) is 5.10 Å². The van der Waals surface area contributed by atoms with Crippen LogP contribution in [0.15, 0.2) is 30.5 Å². The predicted molar refractivity (Wildman–Crippen MR) is 80.2 cm³/mol. The molecule has 0 aliphatic carbocycles. The molecule has 0 saturated carbocycles. The Morgan fingerprint density at radius 1 is 1.48 bits per heavy atom. The minimum Gasteiger partial charge on any atom is -0.497 e. The average Bonchev–Trinajstić information content (AvgIpc) is 3.12. The topological polar surface area (TPSA) is 59.3 Å². The number of rotatable bonds is 6. The number of fused-ring (bicyclic) bond motifs is 1. The molecule has 2 heterocycles. The summed E-state index contributed by atoms with van der Waals surface area (Å²) in [5.41, 5.74) is 3.58. The van der Waals surface area contributed by atoms with Crippen molar-refractivity contribution in [3.63, 3.8) is 0 Å². The summed E-state index contributed by atoms with van der Waals surface area (Å²) in [6.45, 7) is 1.79. The zero-order valence-corrected chi connectivity index (χ0v) is 12.2. The Bertz CT molecular complexity index is 609. The molecule has 1 unspecified atom stereocenters. The fraction of sp³-hybridized carbons (Fsp3) is 0.438. The molecule has 0 bridgehead atoms. The average molecular weight is 287 g/mol. The maximum absolute atomic E-state index is 9.64. The largest absolute Gasteiger partial charge is 0.497 e. The third-order valence-corrected chi connectivity index (χ3v) is 4.04. The molecule has 0 spiro atoms. The second kappa shape index (κ2) is 6.28. The van der Waals surface area contributed by atoms with Crippen molar-refractivity contribution in [1.29, 1.82) is 0 Å². The number of aryl methyl sites for hydroxylation is 1. The van der Waals surface area contributed by atoms with Gasteiger partial charge in [-0.05, 0) is 30.5 Å². The number of aliphatic hydroxyl groups excluding tert-OH is 1. The first-order valence-electron chi connectivity index (χ1n) is 7.33. The highest BCUT2D eigenvalue weighted by molar-refractivity contribution is 5.31. The van der Waals surface area contributed by atoms with Crippen LogP contribution in [0.3, 0.4) is 0 Å². The first-order chi connectivity index (χ1) is 10.3. The van der Waals surface area contributed by atoms with E-state index >= 15 is 0 Å². The molecule has 5 nitrogen and oxygen atoms in total. The van der Waals surface area contributed by atoms with Crippen LogP contribution in [-0.2, 0) is 19.5 Å². The van der Waals surface area contributed by atoms with E-state index in [0.717, 1.165) is 30.8 Å². The lowest BCUT2D eigenvalue weighted by molar-refractivity contribution is 0.243. The zero-order chi connectivity index (χ0) is 14.7. The Kier molecular flexibility index (Phi) is 4.22. The Morgan fingerprint density at radius 3 is 3.19 bits per heavy atom. The van der Waals surface area contributed by atoms with Crippen LogP contribution >= 0.6 is 0 Å². The molecule has 0 amide bonds. The number of nitrogens with one attached hydrogen (secondary N) is 1. The summed E-state index contributed by atoms with van der Waals surface area (Å²) in [4.78, 5) is 0. The highest BCUT2D eigenvalue weighted by Gasteiger charge is 2.17. The number of hydrogen-bond acceptors (Lipinski definition) is 4. The van der Waals surface area contributed by atoms with E-state index in [2.05, 4.69) is 15.1 Å². The van der Waals surface area contributed by atoms with Crippen LogP contribution in [-0.4, -0.2) is 28.6 Å². The van der Waals surface area contributed by atoms with Gasteiger partial charge >= 0.3 is 0 Å². The van der Waals surface area contributed by atoms with Gasteiger partial charge in [0.05, 0.1) is 26.0 Å². The molecule has 112 valence electrons. The molecule has 5 heteroatoms. The Balaban J connectivity index is 1.69. The van der Waals surface area contributed by atoms with E-state index < -0.39 is 0 Å². The van der Waals surface area contributed by atoms with E-state index in [1.165, 1.54) is 17.7 Å². The molecule has 1 aliphatic heterocycles. The van der Waals surface area contributed by atoms with E-state index in [-0.39, 0.29) is 12.6 Å². The van der Waals surface area contributed by atoms with Crippen molar-refractivity contribution < 1.29 is 9.84 Å². The van der Waals surface area contributed by atoms with Gasteiger partial charge in [-0.15, -0.1) is 0 Å². The van der Waals surface area contributed by atoms with Crippen LogP contribution in [0.5, 0.6) is 5.75 Å². The van der Waals surface area contributed by atoms with Crippen molar-refractivity contribution in [2.24, 2.45) is 0 Å². The molecule has 1 atom stereocenters. The minimum absolute atomic E-state index is 0.0522. The van der Waals surface area contributed by atoms with Crippen molar-refractivity contribution in [3.05, 3.63) is 47.3 Å². The fourth-order valence-corrected chi connectivity index (χ4v) is 2.85. The van der Waals surface area contributed by atoms with Crippen molar-refractivity contribution in [2.45, 2.75) is 32.0 Å². The quantitative estimate of drug-likeness (QED) is 0.848. The van der Waals surface area contributed by atoms with E-state index in [1.54, 1.807) is 7.11 Å². The lowest BCUT2D eigenvalue weighted by atomic mass is 10.1. The van der Waals surface area contributed by atoms with E-state index in [1.807, 2.05) is 30.5 Å². The maximum Gasteiger partial charge on any atom is 0.119 e. The number of methoxy groups -OCH3 is 1. The summed E-state index contributed by atoms with van der Waals surface area (Å²) in [5.74, 6) is 0.805. The molecule has 0 saturated heterocycles. The highest BCUT2D eigenvalue weighted by Crippen LogP contribution is 2.21. The van der Waals surface area contributed by atoms with Crippen LogP contribution in [0.2, 0.25) is 0 Å². The monoisotopic (exact) mass is 287 g/mol. The Hall–Kier alpha value is -1.85. The molecular weight excluding hydrogens is 266 g/mol. The standard InChI is InChI=1S/C16H21N3O2/c1-21-14-5-2-4-12(8-14)15(11-20)17-9-13-10-18-19-7-3-6-16(13)19/h2,4-5,8,10,15,17,20H,3,6-7,9,11H2,1H3. The first-order valence-corrected chi connectivity index (χ1v) is 7.33. The predicted octanol–water partition coefficient (Wildman–Crippen LogP) is 1.66. The molecule has 1 aliphatic rings. The number of nitrogens with zero attached hydrogens (tertiary/aromatic N) is 2. The van der Waals surface area contributed by atoms with Gasteiger partial charge in [-0.3, -0.25) is 4.68 Å². The Labute approximate surface area is 124 Å². The highest BCUT2D eigenvalue weighted by atomic mass is 16.5. The van der Waals surface area contributed by atoms with Gasteiger partial charge in [0.1, 0.15) is 5.75 Å². The van der Waals surface area contributed by atoms with Crippen LogP contribution in [0, 0.1) is 0 Å². The second-order valence-electron chi connectivity index (χ2n) is 5.34. The molecule has 1 aromatic carbocycles. The number of aliphatic hydroxyl groups is 1. The molecule has 3 rings (SSSR count). The SMILES string of the molecule is COc1cccc(C(CO)NCc2cnn3c2CCC3)c1. The third-order valence-electron chi connectivity index (χ3n) is 4.04. The number of hydrogen-bond donors (Lipinski definition) is 2. The Morgan fingerprint density at radius 2 is 2.38 bits per heavy atom. The van der Waals surface area contributed by atoms with E-state index in [9.17, 15) is 5.11 Å². The molecule has 21 heavy (non-hydrogen) atoms. The molecule has 1 aromatic heterocycles. The maximum atomic E-state index is 9.64. The second-order valence-corrected chi connectivity index (χ2v) is 5.34. The summed E-state index contributed by atoms with van der Waals surface area (Å²) in [6, 6.07) is 7.70. The van der Waals surface area contributed by atoms with Crippen molar-refractivity contribution in [2.75, 3.05) is 13.7 Å². The number of benzene rings is 1. The fourth-order valence-electron chi connectivity index (χ4n) is 2.85. The first kappa shape index (κ1) is 14.1. The van der Waals surface area contributed by atoms with Crippen LogP contribution in [0.4, 0.5) is 0 Å². The lowest BCUT2D eigenvalue weighted by Gasteiger charge is -2.17. The van der Waals surface area contributed by atoms with Gasteiger partial charge in [-0.25, -0.2) is 0 Å². The number of aromatic nitrogens is 2. The van der Waals surface area contributed by atoms with Crippen molar-refractivity contribution in [1.82, 2.24) is 15.1 Å². The molecular formula is C16H21N3O2. The van der Waals surface area contributed by atoms with Crippen LogP contribution in [0.25, 0.3) is 0 Å². The van der Waals surface area contributed by atoms with Crippen LogP contribution in [0.1, 0.15) is 29.3 Å². The number of ether oxygens (including phenoxy) is 1. The summed E-state index contributed by atoms with van der Waals surface area (Å²) in [6.07, 6.45) is 4.21. The summed E-state index contributed by atoms with van der Waals surface area (Å²) in [5, 5.41) is 17.4. The van der Waals surface area contributed by atoms with Crippen molar-refractivity contribution in [3.8, 4) is 5.75 Å². The van der Waals surface area contributed by atoms with Gasteiger partial charge < -0.3 is 15.2 Å². The third kappa shape index (κ3) is 2.94. The summed E-state index contributed by atoms with van der Waals surface area (Å²) in [7, 11) is 1.65. The molecule has 2 N–H and O–H groups in total. The smallest absolute Gasteiger partial charge is 0.119 e. The van der Waals surface area contributed by atoms with E-state index in [0.29, 0.717) is 0 Å². The van der Waals surface area contributed by atoms with Gasteiger partial charge in [0.25, 0.3) is 0 Å².